The Kier molecular flexibility index (Phi) is 10.2. The summed E-state index contributed by atoms with van der Waals surface area (Å²) in [4.78, 5) is 2.43. The van der Waals surface area contributed by atoms with Gasteiger partial charge in [-0.2, -0.15) is 0 Å². The van der Waals surface area contributed by atoms with E-state index < -0.39 is 5.41 Å². The molecule has 9 aromatic carbocycles. The van der Waals surface area contributed by atoms with Crippen molar-refractivity contribution in [1.82, 2.24) is 0 Å². The molecular weight excluding hydrogens is 747 g/mol. The molecule has 1 nitrogen and oxygen atoms in total. The molecule has 0 saturated heterocycles. The molecule has 294 valence electrons. The van der Waals surface area contributed by atoms with Gasteiger partial charge in [-0.05, 0) is 114 Å². The fourth-order valence-corrected chi connectivity index (χ4v) is 9.48. The van der Waals surface area contributed by atoms with Crippen molar-refractivity contribution >= 4 is 22.6 Å². The highest BCUT2D eigenvalue weighted by atomic mass is 15.1. The first-order chi connectivity index (χ1) is 30.7. The van der Waals surface area contributed by atoms with Crippen LogP contribution in [0.5, 0.6) is 0 Å². The van der Waals surface area contributed by atoms with Crippen LogP contribution in [0, 0.1) is 0 Å². The van der Waals surface area contributed by atoms with E-state index in [0.29, 0.717) is 0 Å². The molecule has 9 aromatic rings. The molecule has 1 aliphatic rings. The lowest BCUT2D eigenvalue weighted by molar-refractivity contribution is 0.768. The van der Waals surface area contributed by atoms with E-state index in [1.54, 1.807) is 6.08 Å². The van der Waals surface area contributed by atoms with Crippen molar-refractivity contribution < 1.29 is 0 Å². The third-order valence-electron chi connectivity index (χ3n) is 12.3. The highest BCUT2D eigenvalue weighted by Gasteiger charge is 2.46. The molecule has 0 bridgehead atoms. The first-order valence-corrected chi connectivity index (χ1v) is 21.2. The Hall–Kier alpha value is -8.00. The SMILES string of the molecule is C=C/C=C(\C=C)c1ccc(-c2ccc(N(c3ccc(-c4ccccc4)cc3)c3ccc4c(c3)C(c3ccccc3)(c3ccccc3)c3ccccc3-4)cc2-c2ccccc2)cc1. The monoisotopic (exact) mass is 791 g/mol. The van der Waals surface area contributed by atoms with Gasteiger partial charge >= 0.3 is 0 Å². The van der Waals surface area contributed by atoms with Crippen molar-refractivity contribution in [2.75, 3.05) is 4.90 Å². The van der Waals surface area contributed by atoms with Gasteiger partial charge in [0, 0.05) is 17.1 Å². The molecule has 1 heteroatoms. The van der Waals surface area contributed by atoms with Crippen LogP contribution in [0.4, 0.5) is 17.1 Å². The Balaban J connectivity index is 1.19. The van der Waals surface area contributed by atoms with Gasteiger partial charge in [-0.3, -0.25) is 0 Å². The van der Waals surface area contributed by atoms with Gasteiger partial charge in [0.25, 0.3) is 0 Å². The number of anilines is 3. The smallest absolute Gasteiger partial charge is 0.0714 e. The first kappa shape index (κ1) is 38.2. The number of allylic oxidation sites excluding steroid dienone is 4. The Bertz CT molecular complexity index is 3010. The van der Waals surface area contributed by atoms with Gasteiger partial charge in [-0.1, -0.05) is 226 Å². The second-order valence-electron chi connectivity index (χ2n) is 15.7. The fraction of sp³-hybridized carbons (Fsp3) is 0.0164. The van der Waals surface area contributed by atoms with Crippen molar-refractivity contribution in [3.05, 3.63) is 290 Å². The summed E-state index contributed by atoms with van der Waals surface area (Å²) < 4.78 is 0. The minimum Gasteiger partial charge on any atom is -0.310 e. The van der Waals surface area contributed by atoms with Crippen molar-refractivity contribution in [1.29, 1.82) is 0 Å². The molecule has 0 heterocycles. The number of benzene rings is 9. The lowest BCUT2D eigenvalue weighted by atomic mass is 9.67. The van der Waals surface area contributed by atoms with E-state index in [4.69, 9.17) is 0 Å². The van der Waals surface area contributed by atoms with Crippen LogP contribution in [0.15, 0.2) is 262 Å². The Morgan fingerprint density at radius 1 is 0.371 bits per heavy atom. The van der Waals surface area contributed by atoms with E-state index in [0.717, 1.165) is 50.5 Å². The van der Waals surface area contributed by atoms with Gasteiger partial charge in [-0.15, -0.1) is 0 Å². The highest BCUT2D eigenvalue weighted by molar-refractivity contribution is 5.92. The summed E-state index contributed by atoms with van der Waals surface area (Å²) in [5.41, 5.74) is 19.4. The summed E-state index contributed by atoms with van der Waals surface area (Å²) in [6, 6.07) is 84.1. The zero-order chi connectivity index (χ0) is 41.9. The van der Waals surface area contributed by atoms with Gasteiger partial charge < -0.3 is 4.90 Å². The Labute approximate surface area is 365 Å². The number of hydrogen-bond acceptors (Lipinski definition) is 1. The van der Waals surface area contributed by atoms with Crippen LogP contribution < -0.4 is 4.90 Å². The molecule has 10 rings (SSSR count). The quantitative estimate of drug-likeness (QED) is 0.118. The van der Waals surface area contributed by atoms with Gasteiger partial charge in [0.15, 0.2) is 0 Å². The molecule has 0 saturated carbocycles. The van der Waals surface area contributed by atoms with E-state index >= 15 is 0 Å². The number of rotatable bonds is 11. The topological polar surface area (TPSA) is 3.24 Å². The van der Waals surface area contributed by atoms with Crippen molar-refractivity contribution in [3.63, 3.8) is 0 Å². The van der Waals surface area contributed by atoms with E-state index in [2.05, 4.69) is 249 Å². The maximum atomic E-state index is 4.03. The molecule has 0 N–H and O–H groups in total. The zero-order valence-corrected chi connectivity index (χ0v) is 34.5. The number of nitrogens with zero attached hydrogens (tertiary/aromatic N) is 1. The predicted octanol–water partition coefficient (Wildman–Crippen LogP) is 16.3. The largest absolute Gasteiger partial charge is 0.310 e. The summed E-state index contributed by atoms with van der Waals surface area (Å²) in [5.74, 6) is 0. The Morgan fingerprint density at radius 3 is 1.45 bits per heavy atom. The van der Waals surface area contributed by atoms with Gasteiger partial charge in [-0.25, -0.2) is 0 Å². The van der Waals surface area contributed by atoms with Crippen molar-refractivity contribution in [3.8, 4) is 44.5 Å². The van der Waals surface area contributed by atoms with E-state index in [1.165, 1.54) is 44.5 Å². The van der Waals surface area contributed by atoms with Crippen LogP contribution in [0.1, 0.15) is 27.8 Å². The van der Waals surface area contributed by atoms with Crippen LogP contribution in [0.3, 0.4) is 0 Å². The maximum Gasteiger partial charge on any atom is 0.0714 e. The van der Waals surface area contributed by atoms with Crippen LogP contribution >= 0.6 is 0 Å². The third-order valence-corrected chi connectivity index (χ3v) is 12.3. The first-order valence-electron chi connectivity index (χ1n) is 21.2. The fourth-order valence-electron chi connectivity index (χ4n) is 9.48. The van der Waals surface area contributed by atoms with Crippen LogP contribution in [-0.2, 0) is 5.41 Å². The number of fused-ring (bicyclic) bond motifs is 3. The second-order valence-corrected chi connectivity index (χ2v) is 15.7. The van der Waals surface area contributed by atoms with Gasteiger partial charge in [0.05, 0.1) is 5.41 Å². The van der Waals surface area contributed by atoms with Crippen LogP contribution in [0.2, 0.25) is 0 Å². The van der Waals surface area contributed by atoms with Gasteiger partial charge in [0.1, 0.15) is 0 Å². The summed E-state index contributed by atoms with van der Waals surface area (Å²) >= 11 is 0. The molecule has 0 fully saturated rings. The maximum absolute atomic E-state index is 4.03. The molecule has 0 unspecified atom stereocenters. The molecule has 0 aliphatic heterocycles. The molecule has 0 radical (unpaired) electrons. The van der Waals surface area contributed by atoms with E-state index in [9.17, 15) is 0 Å². The molecule has 0 aromatic heterocycles. The van der Waals surface area contributed by atoms with Crippen molar-refractivity contribution in [2.45, 2.75) is 5.41 Å². The van der Waals surface area contributed by atoms with Crippen LogP contribution in [0.25, 0.3) is 50.1 Å². The minimum absolute atomic E-state index is 0.523. The highest BCUT2D eigenvalue weighted by Crippen LogP contribution is 2.57. The summed E-state index contributed by atoms with van der Waals surface area (Å²) in [6.45, 7) is 7.94. The van der Waals surface area contributed by atoms with E-state index in [1.807, 2.05) is 12.2 Å². The molecule has 0 spiro atoms. The summed E-state index contributed by atoms with van der Waals surface area (Å²) in [5, 5.41) is 0. The molecule has 0 amide bonds. The normalized spacial score (nSPS) is 12.5. The van der Waals surface area contributed by atoms with E-state index in [-0.39, 0.29) is 0 Å². The number of hydrogen-bond donors (Lipinski definition) is 0. The third kappa shape index (κ3) is 6.71. The lowest BCUT2D eigenvalue weighted by Gasteiger charge is -2.35. The second kappa shape index (κ2) is 16.6. The lowest BCUT2D eigenvalue weighted by Crippen LogP contribution is -2.28. The molecular formula is C61H45N. The standard InChI is InChI=1S/C61H45N/c1-3-19-44(4-2)46-30-32-49(33-31-46)55-40-38-53(42-58(55)48-22-11-6-12-23-48)62(52-36-34-47(35-37-52)45-20-9-5-10-21-45)54-39-41-57-56-28-17-18-29-59(56)61(60(57)43-54,50-24-13-7-14-25-50)51-26-15-8-16-27-51/h3-43H,1-2H2/b44-19+. The molecule has 1 aliphatic carbocycles. The summed E-state index contributed by atoms with van der Waals surface area (Å²) in [6.07, 6.45) is 5.68. The van der Waals surface area contributed by atoms with Crippen LogP contribution in [-0.4, -0.2) is 0 Å². The summed E-state index contributed by atoms with van der Waals surface area (Å²) in [7, 11) is 0. The zero-order valence-electron chi connectivity index (χ0n) is 34.5. The average molecular weight is 792 g/mol. The minimum atomic E-state index is -0.523. The van der Waals surface area contributed by atoms with Crippen molar-refractivity contribution in [2.24, 2.45) is 0 Å². The predicted molar refractivity (Wildman–Crippen MR) is 263 cm³/mol. The molecule has 0 atom stereocenters. The van der Waals surface area contributed by atoms with Gasteiger partial charge in [0.2, 0.25) is 0 Å². The molecule has 62 heavy (non-hydrogen) atoms. The Morgan fingerprint density at radius 2 is 0.839 bits per heavy atom. The average Bonchev–Trinajstić information content (AvgIpc) is 3.65.